The molecule has 1 aromatic carbocycles. The van der Waals surface area contributed by atoms with Crippen LogP contribution in [0.2, 0.25) is 0 Å². The molecule has 194 valence electrons. The van der Waals surface area contributed by atoms with Crippen LogP contribution < -0.4 is 0 Å². The van der Waals surface area contributed by atoms with E-state index in [1.807, 2.05) is 0 Å². The largest absolute Gasteiger partial charge is 0.466 e. The zero-order valence-electron chi connectivity index (χ0n) is 18.9. The summed E-state index contributed by atoms with van der Waals surface area (Å²) in [5, 5.41) is 37.5. The van der Waals surface area contributed by atoms with E-state index in [4.69, 9.17) is 14.6 Å². The van der Waals surface area contributed by atoms with Gasteiger partial charge in [-0.25, -0.2) is 19.2 Å². The number of aliphatic hydroxyl groups excluding tert-OH is 4. The summed E-state index contributed by atoms with van der Waals surface area (Å²) in [7, 11) is 1.14. The van der Waals surface area contributed by atoms with Crippen LogP contribution in [0.5, 0.6) is 0 Å². The highest BCUT2D eigenvalue weighted by atomic mass is 32.2. The van der Waals surface area contributed by atoms with Crippen molar-refractivity contribution in [3.63, 3.8) is 0 Å². The summed E-state index contributed by atoms with van der Waals surface area (Å²) in [6.07, 6.45) is -1.48. The van der Waals surface area contributed by atoms with Gasteiger partial charge in [0, 0.05) is 23.7 Å². The molecule has 0 aliphatic carbocycles. The van der Waals surface area contributed by atoms with Crippen molar-refractivity contribution >= 4 is 35.6 Å². The summed E-state index contributed by atoms with van der Waals surface area (Å²) in [6.45, 7) is -1.60. The molecule has 0 spiro atoms. The van der Waals surface area contributed by atoms with Gasteiger partial charge in [0.25, 0.3) is 0 Å². The van der Waals surface area contributed by atoms with Crippen molar-refractivity contribution in [1.29, 1.82) is 0 Å². The van der Waals surface area contributed by atoms with E-state index in [2.05, 4.69) is 9.47 Å². The molecule has 0 saturated carbocycles. The molecule has 0 heterocycles. The van der Waals surface area contributed by atoms with Gasteiger partial charge in [0.2, 0.25) is 0 Å². The Labute approximate surface area is 205 Å². The Morgan fingerprint density at radius 1 is 0.771 bits per heavy atom. The molecule has 13 heteroatoms. The maximum Gasteiger partial charge on any atom is 0.338 e. The lowest BCUT2D eigenvalue weighted by molar-refractivity contribution is -0.142. The summed E-state index contributed by atoms with van der Waals surface area (Å²) in [5.41, 5.74) is 0.217. The molecule has 12 nitrogen and oxygen atoms in total. The van der Waals surface area contributed by atoms with Crippen LogP contribution in [0.3, 0.4) is 0 Å². The molecule has 4 N–H and O–H groups in total. The number of rotatable bonds is 15. The van der Waals surface area contributed by atoms with Crippen molar-refractivity contribution in [3.05, 3.63) is 47.5 Å². The van der Waals surface area contributed by atoms with E-state index in [1.165, 1.54) is 36.0 Å². The number of hydrogen-bond acceptors (Lipinski definition) is 13. The first-order valence-electron chi connectivity index (χ1n) is 10.3. The molecular weight excluding hydrogens is 488 g/mol. The van der Waals surface area contributed by atoms with Crippen LogP contribution in [0.25, 0.3) is 0 Å². The lowest BCUT2D eigenvalue weighted by atomic mass is 10.1. The maximum absolute atomic E-state index is 12.1. The molecule has 0 aliphatic rings. The zero-order valence-corrected chi connectivity index (χ0v) is 19.7. The average molecular weight is 517 g/mol. The van der Waals surface area contributed by atoms with Crippen LogP contribution in [0, 0.1) is 0 Å². The maximum atomic E-state index is 12.1. The molecule has 1 rings (SSSR count). The van der Waals surface area contributed by atoms with E-state index >= 15 is 0 Å². The highest BCUT2D eigenvalue weighted by molar-refractivity contribution is 7.99. The fraction of sp³-hybridized carbons (Fsp3) is 0.455. The predicted molar refractivity (Wildman–Crippen MR) is 122 cm³/mol. The van der Waals surface area contributed by atoms with E-state index in [-0.39, 0.29) is 35.8 Å². The summed E-state index contributed by atoms with van der Waals surface area (Å²) < 4.78 is 18.9. The van der Waals surface area contributed by atoms with Gasteiger partial charge in [-0.05, 0) is 24.3 Å². The Kier molecular flexibility index (Phi) is 14.3. The number of esters is 4. The van der Waals surface area contributed by atoms with Crippen LogP contribution >= 0.6 is 11.8 Å². The minimum atomic E-state index is -1.31. The summed E-state index contributed by atoms with van der Waals surface area (Å²) >= 11 is 1.20. The Morgan fingerprint density at radius 3 is 1.74 bits per heavy atom. The fourth-order valence-corrected chi connectivity index (χ4v) is 3.05. The Hall–Kier alpha value is -2.97. The smallest absolute Gasteiger partial charge is 0.338 e. The highest BCUT2D eigenvalue weighted by Gasteiger charge is 2.15. The molecule has 0 saturated heterocycles. The first kappa shape index (κ1) is 30.1. The SMILES string of the molecule is COC(=O)/C=C/C(=O)OCC(O)COC(=O)c1ccc(C(=O)OCC(O)CSCC(O)CO)cc1. The van der Waals surface area contributed by atoms with E-state index in [9.17, 15) is 34.5 Å². The van der Waals surface area contributed by atoms with Gasteiger partial charge in [0.1, 0.15) is 25.9 Å². The second-order valence-corrected chi connectivity index (χ2v) is 8.02. The topological polar surface area (TPSA) is 186 Å². The molecular formula is C22H28O12S. The molecule has 0 fully saturated rings. The molecule has 3 unspecified atom stereocenters. The third-order valence-corrected chi connectivity index (χ3v) is 5.22. The minimum Gasteiger partial charge on any atom is -0.466 e. The number of aliphatic hydroxyl groups is 4. The number of ether oxygens (including phenoxy) is 4. The fourth-order valence-electron chi connectivity index (χ4n) is 2.17. The van der Waals surface area contributed by atoms with Crippen molar-refractivity contribution in [2.75, 3.05) is 45.0 Å². The predicted octanol–water partition coefficient (Wildman–Crippen LogP) is -0.919. The summed E-state index contributed by atoms with van der Waals surface area (Å²) in [5.74, 6) is -2.73. The van der Waals surface area contributed by atoms with E-state index in [1.54, 1.807) is 0 Å². The lowest BCUT2D eigenvalue weighted by Crippen LogP contribution is -2.25. The first-order chi connectivity index (χ1) is 16.7. The first-order valence-corrected chi connectivity index (χ1v) is 11.4. The number of carbonyl (C=O) groups is 4. The summed E-state index contributed by atoms with van der Waals surface area (Å²) in [6, 6.07) is 5.27. The van der Waals surface area contributed by atoms with E-state index in [0.717, 1.165) is 19.3 Å². The quantitative estimate of drug-likeness (QED) is 0.127. The Balaban J connectivity index is 2.38. The van der Waals surface area contributed by atoms with Gasteiger partial charge in [0.15, 0.2) is 0 Å². The molecule has 0 radical (unpaired) electrons. The molecule has 3 atom stereocenters. The van der Waals surface area contributed by atoms with Crippen molar-refractivity contribution in [2.45, 2.75) is 18.3 Å². The second-order valence-electron chi connectivity index (χ2n) is 6.94. The highest BCUT2D eigenvalue weighted by Crippen LogP contribution is 2.10. The van der Waals surface area contributed by atoms with Gasteiger partial charge < -0.3 is 39.4 Å². The van der Waals surface area contributed by atoms with Crippen molar-refractivity contribution in [2.24, 2.45) is 0 Å². The van der Waals surface area contributed by atoms with Gasteiger partial charge in [-0.15, -0.1) is 0 Å². The lowest BCUT2D eigenvalue weighted by Gasteiger charge is -2.13. The minimum absolute atomic E-state index is 0.0885. The molecule has 0 aliphatic heterocycles. The van der Waals surface area contributed by atoms with Crippen molar-refractivity contribution in [1.82, 2.24) is 0 Å². The number of hydrogen-bond donors (Lipinski definition) is 4. The molecule has 0 amide bonds. The monoisotopic (exact) mass is 516 g/mol. The third kappa shape index (κ3) is 12.9. The van der Waals surface area contributed by atoms with Gasteiger partial charge in [-0.2, -0.15) is 11.8 Å². The van der Waals surface area contributed by atoms with E-state index in [0.29, 0.717) is 0 Å². The molecule has 35 heavy (non-hydrogen) atoms. The normalized spacial score (nSPS) is 13.5. The van der Waals surface area contributed by atoms with Crippen LogP contribution in [-0.4, -0.2) is 108 Å². The van der Waals surface area contributed by atoms with Crippen LogP contribution in [-0.2, 0) is 28.5 Å². The van der Waals surface area contributed by atoms with Crippen LogP contribution in [0.15, 0.2) is 36.4 Å². The van der Waals surface area contributed by atoms with E-state index < -0.39 is 55.4 Å². The number of benzene rings is 1. The molecule has 0 bridgehead atoms. The number of carbonyl (C=O) groups excluding carboxylic acids is 4. The van der Waals surface area contributed by atoms with Gasteiger partial charge in [-0.1, -0.05) is 0 Å². The zero-order chi connectivity index (χ0) is 26.2. The average Bonchev–Trinajstić information content (AvgIpc) is 2.87. The second kappa shape index (κ2) is 16.6. The molecule has 0 aromatic heterocycles. The van der Waals surface area contributed by atoms with Crippen LogP contribution in [0.4, 0.5) is 0 Å². The Bertz CT molecular complexity index is 854. The third-order valence-electron chi connectivity index (χ3n) is 3.98. The van der Waals surface area contributed by atoms with Gasteiger partial charge in [0.05, 0.1) is 37.1 Å². The van der Waals surface area contributed by atoms with Crippen molar-refractivity contribution in [3.8, 4) is 0 Å². The molecule has 1 aromatic rings. The Morgan fingerprint density at radius 2 is 1.23 bits per heavy atom. The number of thioether (sulfide) groups is 1. The van der Waals surface area contributed by atoms with Crippen molar-refractivity contribution < 1.29 is 58.6 Å². The van der Waals surface area contributed by atoms with Gasteiger partial charge in [-0.3, -0.25) is 0 Å². The summed E-state index contributed by atoms with van der Waals surface area (Å²) in [4.78, 5) is 46.4. The number of methoxy groups -OCH3 is 1. The standard InChI is InChI=1S/C22H28O12S/c1-31-19(27)6-7-20(28)32-9-17(25)10-33-21(29)14-2-4-15(5-3-14)22(30)34-11-18(26)13-35-12-16(24)8-23/h2-7,16-18,23-26H,8-13H2,1H3/b7-6+. The van der Waals surface area contributed by atoms with Crippen LogP contribution in [0.1, 0.15) is 20.7 Å². The van der Waals surface area contributed by atoms with Gasteiger partial charge >= 0.3 is 23.9 Å².